The molecule has 0 fully saturated rings. The maximum Gasteiger partial charge on any atom is 0.303 e. The maximum absolute atomic E-state index is 10.9. The van der Waals surface area contributed by atoms with Crippen molar-refractivity contribution in [3.8, 4) is 5.75 Å². The lowest BCUT2D eigenvalue weighted by molar-refractivity contribution is -0.136. The number of carboxylic acid groups (broad SMARTS) is 1. The summed E-state index contributed by atoms with van der Waals surface area (Å²) in [6.45, 7) is 9.64. The lowest BCUT2D eigenvalue weighted by Gasteiger charge is -2.26. The van der Waals surface area contributed by atoms with Gasteiger partial charge < -0.3 is 15.6 Å². The van der Waals surface area contributed by atoms with Crippen LogP contribution in [0.1, 0.15) is 44.7 Å². The van der Waals surface area contributed by atoms with Crippen molar-refractivity contribution >= 4 is 23.6 Å². The van der Waals surface area contributed by atoms with Crippen molar-refractivity contribution in [2.75, 3.05) is 5.43 Å². The minimum absolute atomic E-state index is 0.00724. The van der Waals surface area contributed by atoms with Gasteiger partial charge in [-0.1, -0.05) is 45.6 Å². The van der Waals surface area contributed by atoms with E-state index in [0.717, 1.165) is 23.8 Å². The van der Waals surface area contributed by atoms with E-state index in [-0.39, 0.29) is 17.6 Å². The molecule has 0 amide bonds. The van der Waals surface area contributed by atoms with Crippen LogP contribution in [0, 0.1) is 5.41 Å². The SMILES string of the molecule is C=C/C=C\C(C=N)=N\Nc1cc(CCC(=O)O)cc(C(C)(C)CC)c1O. The number of carbonyl (C=O) groups is 1. The lowest BCUT2D eigenvalue weighted by atomic mass is 9.80. The normalized spacial score (nSPS) is 12.2. The average molecular weight is 357 g/mol. The van der Waals surface area contributed by atoms with Crippen LogP contribution in [-0.4, -0.2) is 28.1 Å². The standard InChI is InChI=1S/C20H27N3O3/c1-5-7-8-15(13-21)22-23-17-12-14(9-10-18(24)25)11-16(19(17)26)20(3,4)6-2/h5,7-8,11-13,21,23,26H,1,6,9-10H2,2-4H3,(H,24,25)/b8-7-,21-13?,22-15-. The third-order valence-electron chi connectivity index (χ3n) is 4.27. The van der Waals surface area contributed by atoms with E-state index in [1.54, 1.807) is 24.3 Å². The second-order valence-electron chi connectivity index (χ2n) is 6.56. The third kappa shape index (κ3) is 5.88. The molecule has 0 radical (unpaired) electrons. The number of allylic oxidation sites excluding steroid dienone is 3. The van der Waals surface area contributed by atoms with E-state index in [1.807, 2.05) is 26.8 Å². The Morgan fingerprint density at radius 1 is 1.42 bits per heavy atom. The summed E-state index contributed by atoms with van der Waals surface area (Å²) in [6, 6.07) is 3.54. The number of hydrogen-bond acceptors (Lipinski definition) is 5. The number of carboxylic acids is 1. The summed E-state index contributed by atoms with van der Waals surface area (Å²) in [6.07, 6.45) is 7.08. The van der Waals surface area contributed by atoms with Crippen molar-refractivity contribution < 1.29 is 15.0 Å². The van der Waals surface area contributed by atoms with Crippen LogP contribution < -0.4 is 5.43 Å². The third-order valence-corrected chi connectivity index (χ3v) is 4.27. The summed E-state index contributed by atoms with van der Waals surface area (Å²) < 4.78 is 0. The minimum Gasteiger partial charge on any atom is -0.505 e. The molecule has 6 heteroatoms. The van der Waals surface area contributed by atoms with Crippen LogP contribution in [0.4, 0.5) is 5.69 Å². The molecule has 1 aromatic rings. The zero-order valence-electron chi connectivity index (χ0n) is 15.5. The van der Waals surface area contributed by atoms with Gasteiger partial charge in [0.2, 0.25) is 0 Å². The molecule has 0 heterocycles. The second-order valence-corrected chi connectivity index (χ2v) is 6.56. The molecule has 0 saturated heterocycles. The molecule has 0 aliphatic heterocycles. The van der Waals surface area contributed by atoms with E-state index in [1.165, 1.54) is 0 Å². The van der Waals surface area contributed by atoms with E-state index in [2.05, 4.69) is 17.1 Å². The van der Waals surface area contributed by atoms with Crippen LogP contribution in [0.5, 0.6) is 5.75 Å². The molecule has 1 aromatic carbocycles. The van der Waals surface area contributed by atoms with Crippen LogP contribution in [0.3, 0.4) is 0 Å². The number of nitrogens with one attached hydrogen (secondary N) is 2. The fourth-order valence-electron chi connectivity index (χ4n) is 2.29. The average Bonchev–Trinajstić information content (AvgIpc) is 2.61. The first-order chi connectivity index (χ1) is 12.2. The van der Waals surface area contributed by atoms with Gasteiger partial charge in [0.05, 0.1) is 5.69 Å². The van der Waals surface area contributed by atoms with E-state index in [4.69, 9.17) is 10.5 Å². The van der Waals surface area contributed by atoms with Gasteiger partial charge in [-0.25, -0.2) is 0 Å². The predicted molar refractivity (Wildman–Crippen MR) is 107 cm³/mol. The molecule has 0 bridgehead atoms. The zero-order chi connectivity index (χ0) is 19.7. The number of anilines is 1. The molecular formula is C20H27N3O3. The van der Waals surface area contributed by atoms with Gasteiger partial charge in [-0.2, -0.15) is 5.10 Å². The monoisotopic (exact) mass is 357 g/mol. The highest BCUT2D eigenvalue weighted by Gasteiger charge is 2.24. The van der Waals surface area contributed by atoms with E-state index < -0.39 is 5.97 Å². The maximum atomic E-state index is 10.9. The van der Waals surface area contributed by atoms with Crippen molar-refractivity contribution in [1.29, 1.82) is 5.41 Å². The van der Waals surface area contributed by atoms with Crippen molar-refractivity contribution in [2.24, 2.45) is 5.10 Å². The number of rotatable bonds is 10. The van der Waals surface area contributed by atoms with Crippen molar-refractivity contribution in [2.45, 2.75) is 45.4 Å². The quantitative estimate of drug-likeness (QED) is 0.217. The zero-order valence-corrected chi connectivity index (χ0v) is 15.5. The van der Waals surface area contributed by atoms with Gasteiger partial charge >= 0.3 is 5.97 Å². The molecule has 140 valence electrons. The highest BCUT2D eigenvalue weighted by molar-refractivity contribution is 6.35. The Kier molecular flexibility index (Phi) is 7.77. The Balaban J connectivity index is 3.33. The summed E-state index contributed by atoms with van der Waals surface area (Å²) in [5.41, 5.74) is 4.79. The molecule has 0 aromatic heterocycles. The highest BCUT2D eigenvalue weighted by Crippen LogP contribution is 2.39. The number of benzene rings is 1. The van der Waals surface area contributed by atoms with E-state index in [9.17, 15) is 9.90 Å². The Bertz CT molecular complexity index is 734. The van der Waals surface area contributed by atoms with Gasteiger partial charge in [0, 0.05) is 18.2 Å². The van der Waals surface area contributed by atoms with Gasteiger partial charge in [-0.05, 0) is 36.0 Å². The summed E-state index contributed by atoms with van der Waals surface area (Å²) in [7, 11) is 0. The van der Waals surface area contributed by atoms with Crippen molar-refractivity contribution in [1.82, 2.24) is 0 Å². The van der Waals surface area contributed by atoms with Crippen LogP contribution in [0.2, 0.25) is 0 Å². The Hall–Kier alpha value is -2.89. The smallest absolute Gasteiger partial charge is 0.303 e. The molecule has 0 spiro atoms. The number of nitrogens with zero attached hydrogens (tertiary/aromatic N) is 1. The Morgan fingerprint density at radius 2 is 2.12 bits per heavy atom. The van der Waals surface area contributed by atoms with Crippen molar-refractivity contribution in [3.63, 3.8) is 0 Å². The Morgan fingerprint density at radius 3 is 2.65 bits per heavy atom. The summed E-state index contributed by atoms with van der Waals surface area (Å²) in [4.78, 5) is 10.9. The summed E-state index contributed by atoms with van der Waals surface area (Å²) in [5, 5.41) is 31.1. The van der Waals surface area contributed by atoms with Gasteiger partial charge in [0.1, 0.15) is 11.5 Å². The van der Waals surface area contributed by atoms with Gasteiger partial charge in [-0.15, -0.1) is 0 Å². The molecule has 1 rings (SSSR count). The van der Waals surface area contributed by atoms with Crippen LogP contribution in [-0.2, 0) is 16.6 Å². The first kappa shape index (κ1) is 21.2. The topological polar surface area (TPSA) is 106 Å². The van der Waals surface area contributed by atoms with E-state index in [0.29, 0.717) is 17.8 Å². The number of hydrogen-bond donors (Lipinski definition) is 4. The second kappa shape index (κ2) is 9.56. The van der Waals surface area contributed by atoms with Gasteiger partial charge in [0.15, 0.2) is 0 Å². The first-order valence-electron chi connectivity index (χ1n) is 8.46. The van der Waals surface area contributed by atoms with Gasteiger partial charge in [0.25, 0.3) is 0 Å². The van der Waals surface area contributed by atoms with Crippen LogP contribution in [0.15, 0.2) is 42.0 Å². The van der Waals surface area contributed by atoms with Gasteiger partial charge in [-0.3, -0.25) is 10.2 Å². The first-order valence-corrected chi connectivity index (χ1v) is 8.46. The van der Waals surface area contributed by atoms with Crippen LogP contribution >= 0.6 is 0 Å². The fourth-order valence-corrected chi connectivity index (χ4v) is 2.29. The molecular weight excluding hydrogens is 330 g/mol. The summed E-state index contributed by atoms with van der Waals surface area (Å²) >= 11 is 0. The summed E-state index contributed by atoms with van der Waals surface area (Å²) in [5.74, 6) is -0.792. The number of phenols is 1. The molecule has 0 aliphatic rings. The molecule has 0 atom stereocenters. The number of phenolic OH excluding ortho intramolecular Hbond substituents is 1. The molecule has 26 heavy (non-hydrogen) atoms. The molecule has 0 saturated carbocycles. The van der Waals surface area contributed by atoms with E-state index >= 15 is 0 Å². The largest absolute Gasteiger partial charge is 0.505 e. The highest BCUT2D eigenvalue weighted by atomic mass is 16.4. The molecule has 6 nitrogen and oxygen atoms in total. The lowest BCUT2D eigenvalue weighted by Crippen LogP contribution is -2.17. The number of hydrazone groups is 1. The van der Waals surface area contributed by atoms with Crippen molar-refractivity contribution in [3.05, 3.63) is 48.1 Å². The Labute approximate surface area is 154 Å². The molecule has 0 unspecified atom stereocenters. The number of aliphatic carboxylic acids is 1. The molecule has 0 aliphatic carbocycles. The predicted octanol–water partition coefficient (Wildman–Crippen LogP) is 4.26. The number of aryl methyl sites for hydroxylation is 1. The molecule has 4 N–H and O–H groups in total. The minimum atomic E-state index is -0.873. The fraction of sp³-hybridized carbons (Fsp3) is 0.350. The van der Waals surface area contributed by atoms with Crippen LogP contribution in [0.25, 0.3) is 0 Å². The number of aromatic hydroxyl groups is 1.